The van der Waals surface area contributed by atoms with Gasteiger partial charge in [0.1, 0.15) is 5.82 Å². The van der Waals surface area contributed by atoms with Crippen LogP contribution in [0.3, 0.4) is 0 Å². The van der Waals surface area contributed by atoms with Gasteiger partial charge < -0.3 is 10.6 Å². The molecule has 0 unspecified atom stereocenters. The second kappa shape index (κ2) is 8.24. The molecule has 0 fully saturated rings. The monoisotopic (exact) mass is 402 g/mol. The third-order valence-corrected chi connectivity index (χ3v) is 5.00. The average molecular weight is 402 g/mol. The molecule has 0 aliphatic carbocycles. The van der Waals surface area contributed by atoms with Crippen LogP contribution in [0.4, 0.5) is 10.1 Å². The highest BCUT2D eigenvalue weighted by atomic mass is 19.1. The van der Waals surface area contributed by atoms with Crippen molar-refractivity contribution in [3.05, 3.63) is 89.6 Å². The van der Waals surface area contributed by atoms with Crippen molar-refractivity contribution in [3.8, 4) is 11.4 Å². The van der Waals surface area contributed by atoms with Crippen LogP contribution >= 0.6 is 0 Å². The summed E-state index contributed by atoms with van der Waals surface area (Å²) in [6.45, 7) is 1.89. The van der Waals surface area contributed by atoms with Gasteiger partial charge in [-0.3, -0.25) is 9.59 Å². The fourth-order valence-corrected chi connectivity index (χ4v) is 3.37. The number of amides is 2. The Kier molecular flexibility index (Phi) is 5.34. The molecular formula is C23H19FN4O2. The van der Waals surface area contributed by atoms with Gasteiger partial charge in [-0.05, 0) is 42.3 Å². The average Bonchev–Trinajstić information content (AvgIpc) is 2.76. The molecule has 4 rings (SSSR count). The molecule has 2 heterocycles. The molecule has 0 bridgehead atoms. The number of hydrogen-bond acceptors (Lipinski definition) is 4. The Bertz CT molecular complexity index is 1130. The van der Waals surface area contributed by atoms with E-state index < -0.39 is 5.92 Å². The number of carbonyl (C=O) groups excluding carboxylic acids is 2. The zero-order valence-corrected chi connectivity index (χ0v) is 16.2. The van der Waals surface area contributed by atoms with Crippen LogP contribution in [0.5, 0.6) is 0 Å². The molecule has 0 saturated heterocycles. The van der Waals surface area contributed by atoms with Crippen molar-refractivity contribution in [1.82, 2.24) is 15.3 Å². The smallest absolute Gasteiger partial charge is 0.253 e. The Morgan fingerprint density at radius 3 is 2.60 bits per heavy atom. The summed E-state index contributed by atoms with van der Waals surface area (Å²) >= 11 is 0. The topological polar surface area (TPSA) is 84.0 Å². The van der Waals surface area contributed by atoms with Crippen molar-refractivity contribution in [2.75, 3.05) is 5.32 Å². The Morgan fingerprint density at radius 2 is 1.87 bits per heavy atom. The summed E-state index contributed by atoms with van der Waals surface area (Å²) < 4.78 is 13.3. The number of benzene rings is 2. The molecular weight excluding hydrogens is 383 g/mol. The maximum Gasteiger partial charge on any atom is 0.253 e. The van der Waals surface area contributed by atoms with E-state index in [1.807, 2.05) is 25.1 Å². The Labute approximate surface area is 172 Å². The zero-order valence-electron chi connectivity index (χ0n) is 16.2. The van der Waals surface area contributed by atoms with E-state index in [0.717, 1.165) is 11.1 Å². The fourth-order valence-electron chi connectivity index (χ4n) is 3.37. The van der Waals surface area contributed by atoms with Gasteiger partial charge in [-0.15, -0.1) is 0 Å². The minimum absolute atomic E-state index is 0.113. The number of nitrogens with one attached hydrogen (secondary N) is 2. The van der Waals surface area contributed by atoms with Crippen molar-refractivity contribution in [3.63, 3.8) is 0 Å². The number of nitrogens with zero attached hydrogens (tertiary/aromatic N) is 2. The van der Waals surface area contributed by atoms with Gasteiger partial charge in [0.05, 0.1) is 0 Å². The van der Waals surface area contributed by atoms with Crippen molar-refractivity contribution < 1.29 is 14.0 Å². The summed E-state index contributed by atoms with van der Waals surface area (Å²) in [7, 11) is 0. The molecule has 30 heavy (non-hydrogen) atoms. The van der Waals surface area contributed by atoms with E-state index in [1.54, 1.807) is 30.6 Å². The van der Waals surface area contributed by atoms with E-state index in [2.05, 4.69) is 20.6 Å². The highest BCUT2D eigenvalue weighted by Crippen LogP contribution is 2.32. The summed E-state index contributed by atoms with van der Waals surface area (Å²) in [5.74, 6) is -0.801. The quantitative estimate of drug-likeness (QED) is 0.697. The molecule has 1 aromatic heterocycles. The maximum absolute atomic E-state index is 13.3. The molecule has 2 N–H and O–H groups in total. The first-order valence-electron chi connectivity index (χ1n) is 9.45. The molecule has 2 aromatic carbocycles. The number of rotatable bonds is 4. The third kappa shape index (κ3) is 4.10. The summed E-state index contributed by atoms with van der Waals surface area (Å²) in [5.41, 5.74) is 3.39. The lowest BCUT2D eigenvalue weighted by atomic mass is 9.86. The predicted octanol–water partition coefficient (Wildman–Crippen LogP) is 3.72. The van der Waals surface area contributed by atoms with Crippen LogP contribution in [0.25, 0.3) is 11.4 Å². The molecule has 6 nitrogen and oxygen atoms in total. The Morgan fingerprint density at radius 1 is 1.13 bits per heavy atom. The zero-order chi connectivity index (χ0) is 21.1. The molecule has 2 amide bonds. The van der Waals surface area contributed by atoms with Gasteiger partial charge in [-0.2, -0.15) is 0 Å². The van der Waals surface area contributed by atoms with E-state index >= 15 is 0 Å². The van der Waals surface area contributed by atoms with Crippen molar-refractivity contribution in [2.45, 2.75) is 19.3 Å². The normalized spacial score (nSPS) is 15.9. The van der Waals surface area contributed by atoms with E-state index in [9.17, 15) is 14.0 Å². The van der Waals surface area contributed by atoms with Gasteiger partial charge in [-0.1, -0.05) is 24.3 Å². The number of aryl methyl sites for hydroxylation is 1. The maximum atomic E-state index is 13.3. The number of halogens is 1. The lowest BCUT2D eigenvalue weighted by molar-refractivity contribution is -0.121. The summed E-state index contributed by atoms with van der Waals surface area (Å²) in [6, 6.07) is 13.2. The Balaban J connectivity index is 1.62. The lowest BCUT2D eigenvalue weighted by Crippen LogP contribution is -2.32. The Hall–Kier alpha value is -3.87. The van der Waals surface area contributed by atoms with Gasteiger partial charge in [0.2, 0.25) is 5.91 Å². The van der Waals surface area contributed by atoms with Crippen LogP contribution in [0.1, 0.15) is 23.5 Å². The van der Waals surface area contributed by atoms with E-state index in [1.165, 1.54) is 18.3 Å². The van der Waals surface area contributed by atoms with Gasteiger partial charge in [0.15, 0.2) is 5.82 Å². The minimum Gasteiger partial charge on any atom is -0.332 e. The largest absolute Gasteiger partial charge is 0.332 e. The van der Waals surface area contributed by atoms with Crippen LogP contribution in [0.15, 0.2) is 72.7 Å². The van der Waals surface area contributed by atoms with Crippen LogP contribution in [0, 0.1) is 12.7 Å². The van der Waals surface area contributed by atoms with Gasteiger partial charge >= 0.3 is 0 Å². The first kappa shape index (κ1) is 19.4. The molecule has 0 radical (unpaired) electrons. The van der Waals surface area contributed by atoms with Crippen LogP contribution in [-0.2, 0) is 9.59 Å². The molecule has 1 aliphatic rings. The van der Waals surface area contributed by atoms with E-state index in [4.69, 9.17) is 0 Å². The molecule has 7 heteroatoms. The number of carbonyl (C=O) groups is 2. The second-order valence-corrected chi connectivity index (χ2v) is 7.03. The minimum atomic E-state index is -0.458. The van der Waals surface area contributed by atoms with Crippen LogP contribution < -0.4 is 10.6 Å². The SMILES string of the molecule is Cc1ccc(-c2ncccn2)cc1NC(=O)C1=CNC(=O)C[C@H]1c1ccc(F)cc1. The van der Waals surface area contributed by atoms with E-state index in [0.29, 0.717) is 22.6 Å². The van der Waals surface area contributed by atoms with Crippen molar-refractivity contribution >= 4 is 17.5 Å². The number of aromatic nitrogens is 2. The standard InChI is InChI=1S/C23H19FN4O2/c1-14-3-4-16(22-25-9-2-10-26-22)11-20(14)28-23(30)19-13-27-21(29)12-18(19)15-5-7-17(24)8-6-15/h2-11,13,18H,12H2,1H3,(H,27,29)(H,28,30)/t18-/m0/s1. The highest BCUT2D eigenvalue weighted by Gasteiger charge is 2.29. The number of hydrogen-bond donors (Lipinski definition) is 2. The summed E-state index contributed by atoms with van der Waals surface area (Å²) in [6.07, 6.45) is 4.85. The molecule has 1 atom stereocenters. The van der Waals surface area contributed by atoms with E-state index in [-0.39, 0.29) is 24.1 Å². The molecule has 0 spiro atoms. The fraction of sp³-hybridized carbons (Fsp3) is 0.130. The first-order valence-corrected chi connectivity index (χ1v) is 9.45. The van der Waals surface area contributed by atoms with Gasteiger partial charge in [0.25, 0.3) is 5.91 Å². The van der Waals surface area contributed by atoms with Crippen molar-refractivity contribution in [2.24, 2.45) is 0 Å². The second-order valence-electron chi connectivity index (χ2n) is 7.03. The summed E-state index contributed by atoms with van der Waals surface area (Å²) in [4.78, 5) is 33.5. The van der Waals surface area contributed by atoms with Crippen LogP contribution in [-0.4, -0.2) is 21.8 Å². The van der Waals surface area contributed by atoms with Gasteiger partial charge in [-0.25, -0.2) is 14.4 Å². The predicted molar refractivity (Wildman–Crippen MR) is 111 cm³/mol. The molecule has 1 aliphatic heterocycles. The molecule has 0 saturated carbocycles. The number of anilines is 1. The highest BCUT2D eigenvalue weighted by molar-refractivity contribution is 6.07. The van der Waals surface area contributed by atoms with Crippen molar-refractivity contribution in [1.29, 1.82) is 0 Å². The van der Waals surface area contributed by atoms with Gasteiger partial charge in [0, 0.05) is 47.8 Å². The van der Waals surface area contributed by atoms with Crippen LogP contribution in [0.2, 0.25) is 0 Å². The summed E-state index contributed by atoms with van der Waals surface area (Å²) in [5, 5.41) is 5.53. The lowest BCUT2D eigenvalue weighted by Gasteiger charge is -2.24. The molecule has 3 aromatic rings. The molecule has 150 valence electrons. The first-order chi connectivity index (χ1) is 14.5. The third-order valence-electron chi connectivity index (χ3n) is 5.00.